The summed E-state index contributed by atoms with van der Waals surface area (Å²) in [5.41, 5.74) is 9.22. The first-order valence-corrected chi connectivity index (χ1v) is 9.04. The molecule has 0 aliphatic heterocycles. The topological polar surface area (TPSA) is 78.1 Å². The summed E-state index contributed by atoms with van der Waals surface area (Å²) in [5, 5.41) is 3.15. The molecule has 0 radical (unpaired) electrons. The van der Waals surface area contributed by atoms with Crippen LogP contribution in [0.15, 0.2) is 41.4 Å². The Morgan fingerprint density at radius 2 is 1.81 bits per heavy atom. The second-order valence-corrected chi connectivity index (χ2v) is 6.20. The Balaban J connectivity index is 1.98. The van der Waals surface area contributed by atoms with Gasteiger partial charge in [-0.25, -0.2) is 4.99 Å². The molecule has 0 aliphatic rings. The molecule has 0 bridgehead atoms. The minimum Gasteiger partial charge on any atom is -0.493 e. The fraction of sp³-hybridized carbons (Fsp3) is 0.381. The van der Waals surface area contributed by atoms with E-state index in [1.54, 1.807) is 14.2 Å². The quantitative estimate of drug-likeness (QED) is 0.522. The molecular formula is C21H29N3O3. The molecule has 3 N–H and O–H groups in total. The van der Waals surface area contributed by atoms with Crippen LogP contribution in [0.5, 0.6) is 17.2 Å². The largest absolute Gasteiger partial charge is 0.493 e. The first-order valence-electron chi connectivity index (χ1n) is 9.04. The molecule has 0 saturated heterocycles. The number of hydrogen-bond acceptors (Lipinski definition) is 4. The van der Waals surface area contributed by atoms with E-state index in [2.05, 4.69) is 36.3 Å². The van der Waals surface area contributed by atoms with Crippen molar-refractivity contribution in [2.24, 2.45) is 10.7 Å². The molecule has 0 amide bonds. The number of ether oxygens (including phenoxy) is 3. The van der Waals surface area contributed by atoms with Gasteiger partial charge in [0.05, 0.1) is 27.4 Å². The summed E-state index contributed by atoms with van der Waals surface area (Å²) in [5.74, 6) is 2.63. The van der Waals surface area contributed by atoms with Crippen LogP contribution in [0.4, 0.5) is 0 Å². The smallest absolute Gasteiger partial charge is 0.189 e. The van der Waals surface area contributed by atoms with Crippen molar-refractivity contribution in [3.63, 3.8) is 0 Å². The Morgan fingerprint density at radius 3 is 2.52 bits per heavy atom. The van der Waals surface area contributed by atoms with Crippen LogP contribution in [0.3, 0.4) is 0 Å². The number of nitrogens with one attached hydrogen (secondary N) is 1. The second kappa shape index (κ2) is 10.3. The maximum Gasteiger partial charge on any atom is 0.189 e. The van der Waals surface area contributed by atoms with Crippen LogP contribution in [-0.2, 0) is 13.1 Å². The molecule has 2 aromatic carbocycles. The van der Waals surface area contributed by atoms with Gasteiger partial charge in [-0.1, -0.05) is 25.1 Å². The van der Waals surface area contributed by atoms with Gasteiger partial charge in [0.2, 0.25) is 0 Å². The minimum atomic E-state index is 0.381. The maximum atomic E-state index is 6.02. The van der Waals surface area contributed by atoms with Crippen LogP contribution < -0.4 is 25.3 Å². The summed E-state index contributed by atoms with van der Waals surface area (Å²) in [6, 6.07) is 11.9. The molecule has 0 aromatic heterocycles. The Hall–Kier alpha value is -2.89. The predicted octanol–water partition coefficient (Wildman–Crippen LogP) is 3.41. The van der Waals surface area contributed by atoms with Crippen molar-refractivity contribution < 1.29 is 14.2 Å². The second-order valence-electron chi connectivity index (χ2n) is 6.20. The van der Waals surface area contributed by atoms with Gasteiger partial charge >= 0.3 is 0 Å². The van der Waals surface area contributed by atoms with E-state index < -0.39 is 0 Å². The number of guanidine groups is 1. The summed E-state index contributed by atoms with van der Waals surface area (Å²) in [6.45, 7) is 5.84. The van der Waals surface area contributed by atoms with Crippen molar-refractivity contribution in [1.82, 2.24) is 5.32 Å². The summed E-state index contributed by atoms with van der Waals surface area (Å²) in [4.78, 5) is 4.40. The lowest BCUT2D eigenvalue weighted by Gasteiger charge is -2.13. The zero-order chi connectivity index (χ0) is 19.6. The van der Waals surface area contributed by atoms with E-state index in [9.17, 15) is 0 Å². The van der Waals surface area contributed by atoms with E-state index in [1.807, 2.05) is 24.3 Å². The molecule has 146 valence electrons. The van der Waals surface area contributed by atoms with Gasteiger partial charge in [0.15, 0.2) is 17.5 Å². The zero-order valence-electron chi connectivity index (χ0n) is 16.5. The van der Waals surface area contributed by atoms with E-state index in [0.29, 0.717) is 37.2 Å². The average Bonchev–Trinajstić information content (AvgIpc) is 2.69. The number of benzene rings is 2. The molecule has 0 atom stereocenters. The summed E-state index contributed by atoms with van der Waals surface area (Å²) < 4.78 is 16.4. The Bertz CT molecular complexity index is 775. The molecule has 0 unspecified atom stereocenters. The van der Waals surface area contributed by atoms with E-state index in [4.69, 9.17) is 19.9 Å². The van der Waals surface area contributed by atoms with E-state index >= 15 is 0 Å². The lowest BCUT2D eigenvalue weighted by Crippen LogP contribution is -2.31. The van der Waals surface area contributed by atoms with E-state index in [1.165, 1.54) is 5.56 Å². The molecule has 2 aromatic rings. The monoisotopic (exact) mass is 371 g/mol. The fourth-order valence-electron chi connectivity index (χ4n) is 2.55. The first kappa shape index (κ1) is 20.4. The molecular weight excluding hydrogens is 342 g/mol. The van der Waals surface area contributed by atoms with Gasteiger partial charge in [0.25, 0.3) is 0 Å². The number of rotatable bonds is 9. The third-order valence-electron chi connectivity index (χ3n) is 4.02. The van der Waals surface area contributed by atoms with E-state index in [0.717, 1.165) is 23.3 Å². The van der Waals surface area contributed by atoms with Gasteiger partial charge in [-0.3, -0.25) is 0 Å². The number of nitrogens with two attached hydrogens (primary N) is 1. The average molecular weight is 371 g/mol. The van der Waals surface area contributed by atoms with Gasteiger partial charge < -0.3 is 25.3 Å². The Labute approximate surface area is 161 Å². The van der Waals surface area contributed by atoms with E-state index in [-0.39, 0.29) is 0 Å². The summed E-state index contributed by atoms with van der Waals surface area (Å²) in [7, 11) is 3.22. The number of hydrogen-bond donors (Lipinski definition) is 2. The third kappa shape index (κ3) is 6.09. The lowest BCUT2D eigenvalue weighted by molar-refractivity contribution is 0.313. The molecule has 6 heteroatoms. The highest BCUT2D eigenvalue weighted by Gasteiger charge is 2.06. The number of nitrogens with zero attached hydrogens (tertiary/aromatic N) is 1. The highest BCUT2D eigenvalue weighted by molar-refractivity contribution is 5.77. The number of aliphatic imine (C=N–C) groups is 1. The van der Waals surface area contributed by atoms with Gasteiger partial charge in [0.1, 0.15) is 5.75 Å². The zero-order valence-corrected chi connectivity index (χ0v) is 16.5. The lowest BCUT2D eigenvalue weighted by atomic mass is 10.1. The van der Waals surface area contributed by atoms with Crippen molar-refractivity contribution in [2.45, 2.75) is 33.4 Å². The molecule has 0 fully saturated rings. The van der Waals surface area contributed by atoms with Crippen molar-refractivity contribution >= 4 is 5.96 Å². The molecule has 27 heavy (non-hydrogen) atoms. The van der Waals surface area contributed by atoms with Gasteiger partial charge in [-0.2, -0.15) is 0 Å². The van der Waals surface area contributed by atoms with Crippen molar-refractivity contribution in [1.29, 1.82) is 0 Å². The normalized spacial score (nSPS) is 11.2. The number of methoxy groups -OCH3 is 2. The van der Waals surface area contributed by atoms with Crippen LogP contribution in [0.1, 0.15) is 30.0 Å². The highest BCUT2D eigenvalue weighted by atomic mass is 16.5. The SMILES string of the molecule is CCCOc1cc(C)ccc1CNC(N)=NCc1ccc(OC)c(OC)c1. The predicted molar refractivity (Wildman–Crippen MR) is 109 cm³/mol. The van der Waals surface area contributed by atoms with Crippen molar-refractivity contribution in [3.05, 3.63) is 53.1 Å². The van der Waals surface area contributed by atoms with Crippen LogP contribution >= 0.6 is 0 Å². The molecule has 6 nitrogen and oxygen atoms in total. The van der Waals surface area contributed by atoms with Crippen LogP contribution in [-0.4, -0.2) is 26.8 Å². The first-order chi connectivity index (χ1) is 13.1. The minimum absolute atomic E-state index is 0.381. The number of aryl methyl sites for hydroxylation is 1. The summed E-state index contributed by atoms with van der Waals surface area (Å²) >= 11 is 0. The molecule has 0 spiro atoms. The molecule has 0 aliphatic carbocycles. The molecule has 0 saturated carbocycles. The standard InChI is InChI=1S/C21H29N3O3/c1-5-10-27-19-11-15(2)6-8-17(19)14-24-21(22)23-13-16-7-9-18(25-3)20(12-16)26-4/h6-9,11-12H,5,10,13-14H2,1-4H3,(H3,22,23,24). The maximum absolute atomic E-state index is 6.02. The van der Waals surface area contributed by atoms with Crippen LogP contribution in [0.25, 0.3) is 0 Å². The van der Waals surface area contributed by atoms with Gasteiger partial charge in [-0.05, 0) is 42.7 Å². The summed E-state index contributed by atoms with van der Waals surface area (Å²) in [6.07, 6.45) is 0.968. The Kier molecular flexibility index (Phi) is 7.79. The Morgan fingerprint density at radius 1 is 1.04 bits per heavy atom. The fourth-order valence-corrected chi connectivity index (χ4v) is 2.55. The molecule has 2 rings (SSSR count). The highest BCUT2D eigenvalue weighted by Crippen LogP contribution is 2.27. The molecule has 0 heterocycles. The van der Waals surface area contributed by atoms with Crippen LogP contribution in [0.2, 0.25) is 0 Å². The van der Waals surface area contributed by atoms with Crippen LogP contribution in [0, 0.1) is 6.92 Å². The van der Waals surface area contributed by atoms with Crippen molar-refractivity contribution in [3.8, 4) is 17.2 Å². The van der Waals surface area contributed by atoms with Gasteiger partial charge in [-0.15, -0.1) is 0 Å². The van der Waals surface area contributed by atoms with Crippen molar-refractivity contribution in [2.75, 3.05) is 20.8 Å². The van der Waals surface area contributed by atoms with Gasteiger partial charge in [0, 0.05) is 12.1 Å². The third-order valence-corrected chi connectivity index (χ3v) is 4.02.